The molecule has 0 spiro atoms. The highest BCUT2D eigenvalue weighted by molar-refractivity contribution is 5.72. The van der Waals surface area contributed by atoms with Crippen LogP contribution in [0.3, 0.4) is 0 Å². The predicted molar refractivity (Wildman–Crippen MR) is 63.3 cm³/mol. The maximum atomic E-state index is 11.4. The molecule has 4 heteroatoms. The molecule has 1 aliphatic rings. The summed E-state index contributed by atoms with van der Waals surface area (Å²) < 4.78 is 10.1. The zero-order valence-corrected chi connectivity index (χ0v) is 10.4. The van der Waals surface area contributed by atoms with Crippen molar-refractivity contribution in [2.75, 3.05) is 13.7 Å². The van der Waals surface area contributed by atoms with Gasteiger partial charge in [0, 0.05) is 12.6 Å². The Labute approximate surface area is 102 Å². The van der Waals surface area contributed by atoms with E-state index in [0.717, 1.165) is 18.8 Å². The quantitative estimate of drug-likeness (QED) is 0.710. The van der Waals surface area contributed by atoms with E-state index in [1.165, 1.54) is 20.0 Å². The number of carbonyl (C=O) groups excluding carboxylic acids is 1. The molecule has 0 aromatic carbocycles. The molecule has 1 saturated carbocycles. The number of nitrogens with zero attached hydrogens (tertiary/aromatic N) is 1. The number of furan rings is 1. The van der Waals surface area contributed by atoms with Gasteiger partial charge in [-0.15, -0.1) is 0 Å². The zero-order valence-electron chi connectivity index (χ0n) is 10.4. The number of ether oxygens (including phenoxy) is 1. The average molecular weight is 237 g/mol. The zero-order chi connectivity index (χ0) is 12.3. The molecular formula is C13H19NO3. The van der Waals surface area contributed by atoms with Crippen molar-refractivity contribution in [3.8, 4) is 0 Å². The lowest BCUT2D eigenvalue weighted by Gasteiger charge is -2.23. The Kier molecular flexibility index (Phi) is 3.84. The molecule has 4 nitrogen and oxygen atoms in total. The second-order valence-electron chi connectivity index (χ2n) is 4.66. The lowest BCUT2D eigenvalue weighted by Crippen LogP contribution is -2.33. The number of carbonyl (C=O) groups is 1. The molecule has 1 atom stereocenters. The first-order valence-electron chi connectivity index (χ1n) is 6.05. The number of hydrogen-bond donors (Lipinski definition) is 0. The molecule has 17 heavy (non-hydrogen) atoms. The normalized spacial score (nSPS) is 17.1. The van der Waals surface area contributed by atoms with E-state index in [1.54, 1.807) is 6.26 Å². The lowest BCUT2D eigenvalue weighted by atomic mass is 10.1. The molecule has 1 aromatic rings. The van der Waals surface area contributed by atoms with Gasteiger partial charge in [-0.05, 0) is 25.0 Å². The second kappa shape index (κ2) is 5.36. The summed E-state index contributed by atoms with van der Waals surface area (Å²) in [6.45, 7) is 3.42. The van der Waals surface area contributed by atoms with Crippen LogP contribution in [0.15, 0.2) is 22.8 Å². The van der Waals surface area contributed by atoms with E-state index < -0.39 is 0 Å². The SMILES string of the molecule is COC(=O)C(C)CN(Cc1ccco1)C1CC1. The van der Waals surface area contributed by atoms with Crippen LogP contribution in [0.1, 0.15) is 25.5 Å². The molecular weight excluding hydrogens is 218 g/mol. The maximum Gasteiger partial charge on any atom is 0.309 e. The minimum atomic E-state index is -0.143. The monoisotopic (exact) mass is 237 g/mol. The minimum absolute atomic E-state index is 0.0874. The van der Waals surface area contributed by atoms with Gasteiger partial charge >= 0.3 is 5.97 Å². The van der Waals surface area contributed by atoms with Crippen LogP contribution in [-0.4, -0.2) is 30.6 Å². The highest BCUT2D eigenvalue weighted by atomic mass is 16.5. The van der Waals surface area contributed by atoms with Gasteiger partial charge in [-0.2, -0.15) is 0 Å². The van der Waals surface area contributed by atoms with Gasteiger partial charge in [-0.1, -0.05) is 6.92 Å². The molecule has 1 aromatic heterocycles. The summed E-state index contributed by atoms with van der Waals surface area (Å²) in [5.41, 5.74) is 0. The highest BCUT2D eigenvalue weighted by Crippen LogP contribution is 2.29. The van der Waals surface area contributed by atoms with Gasteiger partial charge in [-0.3, -0.25) is 9.69 Å². The predicted octanol–water partition coefficient (Wildman–Crippen LogP) is 2.05. The van der Waals surface area contributed by atoms with Gasteiger partial charge in [0.25, 0.3) is 0 Å². The Balaban J connectivity index is 1.91. The van der Waals surface area contributed by atoms with E-state index in [0.29, 0.717) is 6.04 Å². The third-order valence-corrected chi connectivity index (χ3v) is 3.11. The summed E-state index contributed by atoms with van der Waals surface area (Å²) in [7, 11) is 1.44. The van der Waals surface area contributed by atoms with Crippen LogP contribution in [0.25, 0.3) is 0 Å². The van der Waals surface area contributed by atoms with Crippen LogP contribution < -0.4 is 0 Å². The first-order chi connectivity index (χ1) is 8.20. The van der Waals surface area contributed by atoms with Gasteiger partial charge < -0.3 is 9.15 Å². The van der Waals surface area contributed by atoms with Gasteiger partial charge in [0.15, 0.2) is 0 Å². The van der Waals surface area contributed by atoms with Gasteiger partial charge in [0.05, 0.1) is 25.8 Å². The second-order valence-corrected chi connectivity index (χ2v) is 4.66. The maximum absolute atomic E-state index is 11.4. The van der Waals surface area contributed by atoms with Crippen molar-refractivity contribution < 1.29 is 13.9 Å². The third-order valence-electron chi connectivity index (χ3n) is 3.11. The van der Waals surface area contributed by atoms with Crippen LogP contribution in [0, 0.1) is 5.92 Å². The fourth-order valence-electron chi connectivity index (χ4n) is 2.01. The van der Waals surface area contributed by atoms with Crippen molar-refractivity contribution in [3.05, 3.63) is 24.2 Å². The fraction of sp³-hybridized carbons (Fsp3) is 0.615. The van der Waals surface area contributed by atoms with E-state index in [1.807, 2.05) is 19.1 Å². The number of rotatable bonds is 6. The molecule has 94 valence electrons. The Bertz CT molecular complexity index is 357. The van der Waals surface area contributed by atoms with Crippen molar-refractivity contribution in [2.45, 2.75) is 32.4 Å². The number of esters is 1. The molecule has 1 unspecified atom stereocenters. The van der Waals surface area contributed by atoms with Crippen molar-refractivity contribution in [1.29, 1.82) is 0 Å². The van der Waals surface area contributed by atoms with Crippen LogP contribution in [0.2, 0.25) is 0 Å². The first kappa shape index (κ1) is 12.2. The Morgan fingerprint density at radius 3 is 2.94 bits per heavy atom. The molecule has 0 N–H and O–H groups in total. The van der Waals surface area contributed by atoms with Crippen molar-refractivity contribution in [1.82, 2.24) is 4.90 Å². The standard InChI is InChI=1S/C13H19NO3/c1-10(13(15)16-2)8-14(11-5-6-11)9-12-4-3-7-17-12/h3-4,7,10-11H,5-6,8-9H2,1-2H3. The Morgan fingerprint density at radius 2 is 2.41 bits per heavy atom. The molecule has 0 bridgehead atoms. The highest BCUT2D eigenvalue weighted by Gasteiger charge is 2.31. The summed E-state index contributed by atoms with van der Waals surface area (Å²) in [6, 6.07) is 4.47. The smallest absolute Gasteiger partial charge is 0.309 e. The van der Waals surface area contributed by atoms with Gasteiger partial charge in [0.1, 0.15) is 5.76 Å². The molecule has 0 aliphatic heterocycles. The van der Waals surface area contributed by atoms with E-state index in [2.05, 4.69) is 4.90 Å². The number of hydrogen-bond acceptors (Lipinski definition) is 4. The fourth-order valence-corrected chi connectivity index (χ4v) is 2.01. The summed E-state index contributed by atoms with van der Waals surface area (Å²) in [5.74, 6) is 0.722. The molecule has 1 heterocycles. The van der Waals surface area contributed by atoms with Gasteiger partial charge in [0.2, 0.25) is 0 Å². The van der Waals surface area contributed by atoms with E-state index in [4.69, 9.17) is 9.15 Å². The average Bonchev–Trinajstić information content (AvgIpc) is 3.06. The van der Waals surface area contributed by atoms with E-state index in [9.17, 15) is 4.79 Å². The summed E-state index contributed by atoms with van der Waals surface area (Å²) in [5, 5.41) is 0. The molecule has 0 saturated heterocycles. The lowest BCUT2D eigenvalue weighted by molar-refractivity contribution is -0.145. The van der Waals surface area contributed by atoms with E-state index in [-0.39, 0.29) is 11.9 Å². The van der Waals surface area contributed by atoms with Crippen LogP contribution in [0.5, 0.6) is 0 Å². The van der Waals surface area contributed by atoms with Crippen LogP contribution in [-0.2, 0) is 16.1 Å². The summed E-state index contributed by atoms with van der Waals surface area (Å²) in [6.07, 6.45) is 4.12. The molecule has 0 radical (unpaired) electrons. The third kappa shape index (κ3) is 3.33. The van der Waals surface area contributed by atoms with Crippen LogP contribution >= 0.6 is 0 Å². The molecule has 1 aliphatic carbocycles. The molecule has 1 fully saturated rings. The van der Waals surface area contributed by atoms with Crippen molar-refractivity contribution in [2.24, 2.45) is 5.92 Å². The van der Waals surface area contributed by atoms with Crippen LogP contribution in [0.4, 0.5) is 0 Å². The summed E-state index contributed by atoms with van der Waals surface area (Å²) in [4.78, 5) is 13.7. The Hall–Kier alpha value is -1.29. The van der Waals surface area contributed by atoms with Crippen molar-refractivity contribution in [3.63, 3.8) is 0 Å². The Morgan fingerprint density at radius 1 is 1.65 bits per heavy atom. The summed E-state index contributed by atoms with van der Waals surface area (Å²) >= 11 is 0. The first-order valence-corrected chi connectivity index (χ1v) is 6.05. The molecule has 2 rings (SSSR count). The largest absolute Gasteiger partial charge is 0.469 e. The molecule has 0 amide bonds. The number of methoxy groups -OCH3 is 1. The van der Waals surface area contributed by atoms with E-state index >= 15 is 0 Å². The topological polar surface area (TPSA) is 42.7 Å². The van der Waals surface area contributed by atoms with Crippen molar-refractivity contribution >= 4 is 5.97 Å². The van der Waals surface area contributed by atoms with Gasteiger partial charge in [-0.25, -0.2) is 0 Å². The minimum Gasteiger partial charge on any atom is -0.469 e.